The highest BCUT2D eigenvalue weighted by molar-refractivity contribution is 7.89. The fourth-order valence-corrected chi connectivity index (χ4v) is 5.39. The number of hydrogen-bond acceptors (Lipinski definition) is 5. The van der Waals surface area contributed by atoms with Crippen LogP contribution in [0.3, 0.4) is 0 Å². The van der Waals surface area contributed by atoms with E-state index in [1.165, 1.54) is 0 Å². The lowest BCUT2D eigenvalue weighted by Crippen LogP contribution is -2.37. The van der Waals surface area contributed by atoms with Gasteiger partial charge in [0.2, 0.25) is 10.0 Å². The molecule has 0 amide bonds. The molecule has 0 bridgehead atoms. The van der Waals surface area contributed by atoms with Crippen molar-refractivity contribution in [1.29, 1.82) is 0 Å². The highest BCUT2D eigenvalue weighted by Crippen LogP contribution is 2.28. The summed E-state index contributed by atoms with van der Waals surface area (Å²) in [6, 6.07) is 11.9. The summed E-state index contributed by atoms with van der Waals surface area (Å²) in [4.78, 5) is 4.75. The molecule has 1 atom stereocenters. The maximum Gasteiger partial charge on any atom is 0.240 e. The maximum absolute atomic E-state index is 13.1. The van der Waals surface area contributed by atoms with Crippen molar-refractivity contribution in [2.24, 2.45) is 0 Å². The van der Waals surface area contributed by atoms with Crippen molar-refractivity contribution in [2.45, 2.75) is 37.6 Å². The Morgan fingerprint density at radius 1 is 1.07 bits per heavy atom. The second-order valence-corrected chi connectivity index (χ2v) is 9.92. The van der Waals surface area contributed by atoms with Crippen molar-refractivity contribution in [1.82, 2.24) is 9.62 Å². The van der Waals surface area contributed by atoms with Crippen LogP contribution < -0.4 is 14.4 Å². The Morgan fingerprint density at radius 2 is 1.70 bits per heavy atom. The molecule has 6 nitrogen and oxygen atoms in total. The number of benzene rings is 2. The summed E-state index contributed by atoms with van der Waals surface area (Å²) >= 11 is 0. The Morgan fingerprint density at radius 3 is 2.27 bits per heavy atom. The minimum Gasteiger partial charge on any atom is -0.496 e. The molecule has 1 aliphatic heterocycles. The van der Waals surface area contributed by atoms with E-state index in [-0.39, 0.29) is 6.04 Å². The van der Waals surface area contributed by atoms with Gasteiger partial charge in [-0.15, -0.1) is 0 Å². The summed E-state index contributed by atoms with van der Waals surface area (Å²) in [7, 11) is 1.99. The van der Waals surface area contributed by atoms with Crippen LogP contribution in [0.25, 0.3) is 0 Å². The molecule has 0 aromatic heterocycles. The molecule has 1 saturated heterocycles. The third kappa shape index (κ3) is 4.96. The van der Waals surface area contributed by atoms with Gasteiger partial charge >= 0.3 is 0 Å². The van der Waals surface area contributed by atoms with Crippen LogP contribution in [0.1, 0.15) is 35.6 Å². The van der Waals surface area contributed by atoms with E-state index in [0.717, 1.165) is 42.7 Å². The van der Waals surface area contributed by atoms with E-state index in [4.69, 9.17) is 4.74 Å². The Kier molecular flexibility index (Phi) is 7.06. The van der Waals surface area contributed by atoms with Crippen molar-refractivity contribution >= 4 is 15.7 Å². The largest absolute Gasteiger partial charge is 0.496 e. The first-order valence-corrected chi connectivity index (χ1v) is 11.9. The lowest BCUT2D eigenvalue weighted by Gasteiger charge is -2.28. The summed E-state index contributed by atoms with van der Waals surface area (Å²) in [6.07, 6.45) is 2.30. The zero-order valence-electron chi connectivity index (χ0n) is 18.6. The molecule has 2 aromatic carbocycles. The number of likely N-dealkylation sites (tertiary alicyclic amines) is 1. The quantitative estimate of drug-likeness (QED) is 0.693. The van der Waals surface area contributed by atoms with Crippen LogP contribution in [0.15, 0.2) is 41.3 Å². The van der Waals surface area contributed by atoms with Crippen LogP contribution in [0.4, 0.5) is 5.69 Å². The van der Waals surface area contributed by atoms with Crippen molar-refractivity contribution < 1.29 is 13.2 Å². The van der Waals surface area contributed by atoms with Gasteiger partial charge in [0.05, 0.1) is 12.0 Å². The predicted molar refractivity (Wildman–Crippen MR) is 122 cm³/mol. The summed E-state index contributed by atoms with van der Waals surface area (Å²) in [6.45, 7) is 5.98. The molecule has 0 unspecified atom stereocenters. The molecule has 0 aliphatic carbocycles. The molecular weight excluding hydrogens is 398 g/mol. The number of anilines is 1. The van der Waals surface area contributed by atoms with Crippen LogP contribution in [-0.2, 0) is 10.0 Å². The van der Waals surface area contributed by atoms with Gasteiger partial charge in [0.25, 0.3) is 0 Å². The lowest BCUT2D eigenvalue weighted by molar-refractivity contribution is 0.246. The van der Waals surface area contributed by atoms with E-state index in [2.05, 4.69) is 38.8 Å². The van der Waals surface area contributed by atoms with Gasteiger partial charge in [-0.25, -0.2) is 13.1 Å². The Balaban J connectivity index is 1.84. The number of nitrogens with one attached hydrogen (secondary N) is 1. The molecule has 1 heterocycles. The first kappa shape index (κ1) is 22.6. The number of nitrogens with zero attached hydrogens (tertiary/aromatic N) is 2. The maximum atomic E-state index is 13.1. The smallest absolute Gasteiger partial charge is 0.240 e. The minimum atomic E-state index is -3.63. The first-order valence-electron chi connectivity index (χ1n) is 10.4. The second kappa shape index (κ2) is 9.37. The molecule has 7 heteroatoms. The molecule has 3 rings (SSSR count). The van der Waals surface area contributed by atoms with Gasteiger partial charge in [-0.05, 0) is 80.7 Å². The standard InChI is InChI=1S/C23H33N3O3S/c1-17-15-23(18(2)14-22(17)29-5)30(27,28)24-16-21(26-12-6-7-13-26)19-8-10-20(11-9-19)25(3)4/h8-11,14-15,21,24H,6-7,12-13,16H2,1-5H3/t21-/m0/s1. The van der Waals surface area contributed by atoms with Gasteiger partial charge in [0, 0.05) is 32.4 Å². The predicted octanol–water partition coefficient (Wildman–Crippen LogP) is 3.49. The average molecular weight is 432 g/mol. The van der Waals surface area contributed by atoms with Gasteiger partial charge in [-0.1, -0.05) is 12.1 Å². The Bertz CT molecular complexity index is 966. The van der Waals surface area contributed by atoms with Crippen LogP contribution in [0, 0.1) is 13.8 Å². The number of aryl methyl sites for hydroxylation is 2. The normalized spacial score (nSPS) is 15.9. The number of methoxy groups -OCH3 is 1. The summed E-state index contributed by atoms with van der Waals surface area (Å²) in [5.74, 6) is 0.697. The van der Waals surface area contributed by atoms with E-state index in [1.54, 1.807) is 26.2 Å². The molecule has 0 saturated carbocycles. The van der Waals surface area contributed by atoms with E-state index in [1.807, 2.05) is 21.0 Å². The fourth-order valence-electron chi connectivity index (χ4n) is 4.04. The monoisotopic (exact) mass is 431 g/mol. The van der Waals surface area contributed by atoms with Gasteiger partial charge in [-0.3, -0.25) is 4.90 Å². The molecule has 164 valence electrons. The van der Waals surface area contributed by atoms with Crippen LogP contribution >= 0.6 is 0 Å². The number of hydrogen-bond donors (Lipinski definition) is 1. The summed E-state index contributed by atoms with van der Waals surface area (Å²) < 4.78 is 34.4. The van der Waals surface area contributed by atoms with Gasteiger partial charge in [-0.2, -0.15) is 0 Å². The third-order valence-electron chi connectivity index (χ3n) is 5.82. The van der Waals surface area contributed by atoms with Crippen molar-refractivity contribution in [2.75, 3.05) is 45.7 Å². The topological polar surface area (TPSA) is 61.9 Å². The SMILES string of the molecule is COc1cc(C)c(S(=O)(=O)NC[C@@H](c2ccc(N(C)C)cc2)N2CCCC2)cc1C. The third-order valence-corrected chi connectivity index (χ3v) is 7.39. The first-order chi connectivity index (χ1) is 14.2. The van der Waals surface area contributed by atoms with Gasteiger partial charge < -0.3 is 9.64 Å². The van der Waals surface area contributed by atoms with E-state index < -0.39 is 10.0 Å². The molecular formula is C23H33N3O3S. The molecule has 0 radical (unpaired) electrons. The zero-order chi connectivity index (χ0) is 21.9. The van der Waals surface area contributed by atoms with Crippen LogP contribution in [-0.4, -0.2) is 54.2 Å². The average Bonchev–Trinajstić information content (AvgIpc) is 3.24. The summed E-state index contributed by atoms with van der Waals surface area (Å²) in [5.41, 5.74) is 3.74. The highest BCUT2D eigenvalue weighted by atomic mass is 32.2. The number of ether oxygens (including phenoxy) is 1. The molecule has 2 aromatic rings. The van der Waals surface area contributed by atoms with E-state index >= 15 is 0 Å². The second-order valence-electron chi connectivity index (χ2n) is 8.18. The Labute approximate surface area is 180 Å². The minimum absolute atomic E-state index is 0.0122. The van der Waals surface area contributed by atoms with Crippen LogP contribution in [0.5, 0.6) is 5.75 Å². The Hall–Kier alpha value is -2.09. The van der Waals surface area contributed by atoms with E-state index in [9.17, 15) is 8.42 Å². The molecule has 1 fully saturated rings. The number of sulfonamides is 1. The van der Waals surface area contributed by atoms with Crippen molar-refractivity contribution in [3.8, 4) is 5.75 Å². The van der Waals surface area contributed by atoms with Crippen molar-refractivity contribution in [3.05, 3.63) is 53.1 Å². The molecule has 0 spiro atoms. The molecule has 1 aliphatic rings. The fraction of sp³-hybridized carbons (Fsp3) is 0.478. The van der Waals surface area contributed by atoms with E-state index in [0.29, 0.717) is 22.8 Å². The molecule has 1 N–H and O–H groups in total. The lowest BCUT2D eigenvalue weighted by atomic mass is 10.1. The highest BCUT2D eigenvalue weighted by Gasteiger charge is 2.26. The van der Waals surface area contributed by atoms with Gasteiger partial charge in [0.15, 0.2) is 0 Å². The number of rotatable bonds is 8. The summed E-state index contributed by atoms with van der Waals surface area (Å²) in [5, 5.41) is 0. The van der Waals surface area contributed by atoms with Crippen LogP contribution in [0.2, 0.25) is 0 Å². The molecule has 30 heavy (non-hydrogen) atoms. The van der Waals surface area contributed by atoms with Gasteiger partial charge in [0.1, 0.15) is 5.75 Å². The zero-order valence-corrected chi connectivity index (χ0v) is 19.4. The van der Waals surface area contributed by atoms with Crippen molar-refractivity contribution in [3.63, 3.8) is 0 Å².